The van der Waals surface area contributed by atoms with E-state index in [1.165, 1.54) is 0 Å². The van der Waals surface area contributed by atoms with Crippen molar-refractivity contribution in [2.75, 3.05) is 0 Å². The van der Waals surface area contributed by atoms with Gasteiger partial charge in [-0.05, 0) is 9.91 Å². The second-order valence-electron chi connectivity index (χ2n) is 1.10. The fourth-order valence-corrected chi connectivity index (χ4v) is 0.296. The molecule has 0 saturated heterocycles. The Hall–Kier alpha value is -1.39. The topological polar surface area (TPSA) is 69.2 Å². The molecule has 1 aromatic rings. The average Bonchev–Trinajstić information content (AvgIpc) is 2.12. The van der Waals surface area contributed by atoms with Crippen LogP contribution in [-0.4, -0.2) is 9.91 Å². The molecule has 0 N–H and O–H groups in total. The number of hydrogen-bond donors (Lipinski definition) is 0. The van der Waals surface area contributed by atoms with Crippen LogP contribution < -0.4 is 0 Å². The van der Waals surface area contributed by atoms with Gasteiger partial charge in [-0.25, -0.2) is 0 Å². The van der Waals surface area contributed by atoms with Crippen LogP contribution in [0.2, 0.25) is 0 Å². The third-order valence-electron chi connectivity index (χ3n) is 0.606. The number of hydrogen-bond acceptors (Lipinski definition) is 4. The molecule has 0 radical (unpaired) electrons. The van der Waals surface area contributed by atoms with Crippen LogP contribution in [0.4, 0.5) is 5.82 Å². The minimum Gasteiger partial charge on any atom is -0.425 e. The summed E-state index contributed by atoms with van der Waals surface area (Å²) < 4.78 is 4.32. The monoisotopic (exact) mass is 114 g/mol. The van der Waals surface area contributed by atoms with Gasteiger partial charge >= 0.3 is 5.82 Å². The lowest BCUT2D eigenvalue weighted by Gasteiger charge is -1.79. The average molecular weight is 114 g/mol. The molecule has 0 bridgehead atoms. The van der Waals surface area contributed by atoms with Gasteiger partial charge in [0.15, 0.2) is 6.26 Å². The Bertz CT molecular complexity index is 180. The summed E-state index contributed by atoms with van der Waals surface area (Å²) in [4.78, 5) is 12.4. The summed E-state index contributed by atoms with van der Waals surface area (Å²) in [7, 11) is 0. The number of oxazole rings is 1. The maximum absolute atomic E-state index is 9.75. The Balaban J connectivity index is 2.93. The fraction of sp³-hybridized carbons (Fsp3) is 0. The van der Waals surface area contributed by atoms with E-state index >= 15 is 0 Å². The Morgan fingerprint density at radius 3 is 2.88 bits per heavy atom. The van der Waals surface area contributed by atoms with Crippen molar-refractivity contribution in [3.8, 4) is 0 Å². The molecule has 1 aromatic heterocycles. The molecule has 0 amide bonds. The molecule has 0 saturated carbocycles. The molecule has 5 heteroatoms. The zero-order valence-corrected chi connectivity index (χ0v) is 3.77. The molecule has 5 nitrogen and oxygen atoms in total. The number of nitro groups is 1. The van der Waals surface area contributed by atoms with Crippen molar-refractivity contribution in [2.45, 2.75) is 0 Å². The highest BCUT2D eigenvalue weighted by atomic mass is 16.6. The van der Waals surface area contributed by atoms with Crippen LogP contribution in [-0.2, 0) is 0 Å². The Labute approximate surface area is 44.1 Å². The molecule has 0 atom stereocenters. The molecule has 0 aliphatic carbocycles. The molecule has 0 fully saturated rings. The standard InChI is InChI=1S/C3H2N2O3/c6-5(7)3-1-8-2-4-3/h1-2H. The molecular weight excluding hydrogens is 112 g/mol. The third-order valence-corrected chi connectivity index (χ3v) is 0.606. The van der Waals surface area contributed by atoms with E-state index in [0.717, 1.165) is 12.7 Å². The summed E-state index contributed by atoms with van der Waals surface area (Å²) >= 11 is 0. The van der Waals surface area contributed by atoms with Crippen molar-refractivity contribution < 1.29 is 9.34 Å². The summed E-state index contributed by atoms with van der Waals surface area (Å²) in [5.41, 5.74) is 0. The predicted molar refractivity (Wildman–Crippen MR) is 23.2 cm³/mol. The first kappa shape index (κ1) is 4.76. The first-order valence-electron chi connectivity index (χ1n) is 1.83. The number of aromatic nitrogens is 1. The van der Waals surface area contributed by atoms with Crippen molar-refractivity contribution in [3.63, 3.8) is 0 Å². The van der Waals surface area contributed by atoms with E-state index in [-0.39, 0.29) is 5.82 Å². The SMILES string of the molecule is O=[N+]([O-])c1cocn1. The smallest absolute Gasteiger partial charge is 0.402 e. The minimum absolute atomic E-state index is 0.259. The van der Waals surface area contributed by atoms with Crippen LogP contribution >= 0.6 is 0 Å². The third kappa shape index (κ3) is 0.651. The van der Waals surface area contributed by atoms with Gasteiger partial charge in [-0.15, -0.1) is 0 Å². The highest BCUT2D eigenvalue weighted by Crippen LogP contribution is 2.02. The lowest BCUT2D eigenvalue weighted by atomic mass is 10.8. The summed E-state index contributed by atoms with van der Waals surface area (Å²) in [5.74, 6) is -0.259. The molecule has 0 aromatic carbocycles. The largest absolute Gasteiger partial charge is 0.425 e. The maximum Gasteiger partial charge on any atom is 0.402 e. The van der Waals surface area contributed by atoms with Crippen LogP contribution in [0, 0.1) is 10.1 Å². The first-order valence-corrected chi connectivity index (χ1v) is 1.83. The molecule has 0 aliphatic heterocycles. The van der Waals surface area contributed by atoms with Crippen molar-refractivity contribution in [1.82, 2.24) is 4.98 Å². The van der Waals surface area contributed by atoms with Crippen LogP contribution in [0.25, 0.3) is 0 Å². The maximum atomic E-state index is 9.75. The van der Waals surface area contributed by atoms with Gasteiger partial charge in [0.25, 0.3) is 6.39 Å². The van der Waals surface area contributed by atoms with Gasteiger partial charge in [-0.2, -0.15) is 0 Å². The van der Waals surface area contributed by atoms with Gasteiger partial charge in [0.05, 0.1) is 0 Å². The van der Waals surface area contributed by atoms with Gasteiger partial charge in [-0.1, -0.05) is 0 Å². The van der Waals surface area contributed by atoms with Gasteiger partial charge in [0, 0.05) is 0 Å². The Morgan fingerprint density at radius 2 is 2.62 bits per heavy atom. The molecule has 0 aliphatic rings. The second-order valence-corrected chi connectivity index (χ2v) is 1.10. The van der Waals surface area contributed by atoms with Crippen LogP contribution in [0.5, 0.6) is 0 Å². The zero-order valence-electron chi connectivity index (χ0n) is 3.77. The van der Waals surface area contributed by atoms with E-state index in [1.54, 1.807) is 0 Å². The van der Waals surface area contributed by atoms with Gasteiger partial charge in [0.2, 0.25) is 0 Å². The van der Waals surface area contributed by atoms with Crippen LogP contribution in [0.15, 0.2) is 17.1 Å². The summed E-state index contributed by atoms with van der Waals surface area (Å²) in [6.45, 7) is 0. The summed E-state index contributed by atoms with van der Waals surface area (Å²) in [6.07, 6.45) is 1.98. The molecule has 42 valence electrons. The normalized spacial score (nSPS) is 9.00. The second kappa shape index (κ2) is 1.61. The first-order chi connectivity index (χ1) is 3.80. The highest BCUT2D eigenvalue weighted by molar-refractivity contribution is 5.07. The minimum atomic E-state index is -0.622. The summed E-state index contributed by atoms with van der Waals surface area (Å²) in [6, 6.07) is 0. The van der Waals surface area contributed by atoms with Gasteiger partial charge < -0.3 is 14.5 Å². The summed E-state index contributed by atoms with van der Waals surface area (Å²) in [5, 5.41) is 9.75. The molecular formula is C3H2N2O3. The van der Waals surface area contributed by atoms with Crippen molar-refractivity contribution in [3.05, 3.63) is 22.8 Å². The van der Waals surface area contributed by atoms with Crippen LogP contribution in [0.3, 0.4) is 0 Å². The van der Waals surface area contributed by atoms with Crippen molar-refractivity contribution >= 4 is 5.82 Å². The molecule has 0 unspecified atom stereocenters. The fourth-order valence-electron chi connectivity index (χ4n) is 0.296. The lowest BCUT2D eigenvalue weighted by molar-refractivity contribution is -0.389. The van der Waals surface area contributed by atoms with Crippen molar-refractivity contribution in [1.29, 1.82) is 0 Å². The Kier molecular flexibility index (Phi) is 0.957. The molecule has 1 heterocycles. The zero-order chi connectivity index (χ0) is 5.98. The molecule has 1 rings (SSSR count). The van der Waals surface area contributed by atoms with E-state index < -0.39 is 4.92 Å². The van der Waals surface area contributed by atoms with E-state index in [4.69, 9.17) is 0 Å². The van der Waals surface area contributed by atoms with Gasteiger partial charge in [0.1, 0.15) is 0 Å². The molecule has 0 spiro atoms. The van der Waals surface area contributed by atoms with Crippen LogP contribution in [0.1, 0.15) is 0 Å². The number of nitrogens with zero attached hydrogens (tertiary/aromatic N) is 2. The lowest BCUT2D eigenvalue weighted by Crippen LogP contribution is -1.85. The molecule has 8 heavy (non-hydrogen) atoms. The number of rotatable bonds is 1. The van der Waals surface area contributed by atoms with E-state index in [1.807, 2.05) is 0 Å². The van der Waals surface area contributed by atoms with E-state index in [2.05, 4.69) is 9.40 Å². The van der Waals surface area contributed by atoms with Crippen molar-refractivity contribution in [2.24, 2.45) is 0 Å². The Morgan fingerprint density at radius 1 is 1.88 bits per heavy atom. The van der Waals surface area contributed by atoms with Gasteiger partial charge in [-0.3, -0.25) is 0 Å². The van der Waals surface area contributed by atoms with E-state index in [0.29, 0.717) is 0 Å². The van der Waals surface area contributed by atoms with E-state index in [9.17, 15) is 10.1 Å². The quantitative estimate of drug-likeness (QED) is 0.395. The predicted octanol–water partition coefficient (Wildman–Crippen LogP) is 0.583. The highest BCUT2D eigenvalue weighted by Gasteiger charge is 2.05.